The van der Waals surface area contributed by atoms with Crippen LogP contribution in [0.25, 0.3) is 5.57 Å². The second-order valence-corrected chi connectivity index (χ2v) is 8.37. The number of fused-ring (bicyclic) bond motifs is 1. The van der Waals surface area contributed by atoms with Crippen molar-refractivity contribution in [3.63, 3.8) is 0 Å². The van der Waals surface area contributed by atoms with Crippen LogP contribution in [0.1, 0.15) is 37.8 Å². The molecule has 0 fully saturated rings. The van der Waals surface area contributed by atoms with Gasteiger partial charge in [-0.05, 0) is 48.7 Å². The smallest absolute Gasteiger partial charge is 0.178 e. The van der Waals surface area contributed by atoms with Gasteiger partial charge in [-0.1, -0.05) is 31.5 Å². The summed E-state index contributed by atoms with van der Waals surface area (Å²) < 4.78 is 39.0. The molecule has 1 radical (unpaired) electrons. The van der Waals surface area contributed by atoms with E-state index in [1.807, 2.05) is 26.0 Å². The first-order chi connectivity index (χ1) is 11.9. The molecule has 25 heavy (non-hydrogen) atoms. The second-order valence-electron chi connectivity index (χ2n) is 6.29. The molecule has 5 heteroatoms. The predicted molar refractivity (Wildman–Crippen MR) is 97.9 cm³/mol. The molecule has 0 aromatic heterocycles. The standard InChI is InChI=1S/C20H21FNO2S/c1-3-4-11-25(23,24)20-8-6-5-7-15(20)12-17-14(2)22-19-10-9-16(21)13-18(17)19/h5-10,13H,3-4,11-12H2,1-2H3. The van der Waals surface area contributed by atoms with Crippen molar-refractivity contribution < 1.29 is 12.8 Å². The lowest BCUT2D eigenvalue weighted by molar-refractivity contribution is 0.592. The summed E-state index contributed by atoms with van der Waals surface area (Å²) in [5.41, 5.74) is 3.91. The molecule has 0 saturated carbocycles. The van der Waals surface area contributed by atoms with Crippen LogP contribution < -0.4 is 5.32 Å². The fourth-order valence-corrected chi connectivity index (χ4v) is 4.82. The molecule has 0 atom stereocenters. The summed E-state index contributed by atoms with van der Waals surface area (Å²) in [5.74, 6) is -0.168. The van der Waals surface area contributed by atoms with E-state index in [9.17, 15) is 12.8 Å². The molecular weight excluding hydrogens is 337 g/mol. The summed E-state index contributed by atoms with van der Waals surface area (Å²) in [7, 11) is -3.33. The normalized spacial score (nSPS) is 13.7. The highest BCUT2D eigenvalue weighted by atomic mass is 32.2. The number of hydrogen-bond donors (Lipinski definition) is 0. The number of unbranched alkanes of at least 4 members (excludes halogenated alkanes) is 1. The molecule has 0 bridgehead atoms. The third-order valence-electron chi connectivity index (χ3n) is 4.45. The molecule has 0 saturated heterocycles. The molecule has 1 heterocycles. The van der Waals surface area contributed by atoms with Crippen LogP contribution in [0.5, 0.6) is 0 Å². The van der Waals surface area contributed by atoms with Crippen LogP contribution >= 0.6 is 0 Å². The van der Waals surface area contributed by atoms with Crippen LogP contribution in [0, 0.1) is 5.82 Å². The summed E-state index contributed by atoms with van der Waals surface area (Å²) in [5, 5.41) is 4.48. The van der Waals surface area contributed by atoms with Crippen LogP contribution in [0.4, 0.5) is 10.1 Å². The minimum Gasteiger partial charge on any atom is -0.253 e. The maximum atomic E-state index is 13.6. The van der Waals surface area contributed by atoms with E-state index in [1.165, 1.54) is 12.1 Å². The van der Waals surface area contributed by atoms with E-state index in [2.05, 4.69) is 5.32 Å². The summed E-state index contributed by atoms with van der Waals surface area (Å²) in [6.07, 6.45) is 1.90. The molecule has 1 aliphatic rings. The largest absolute Gasteiger partial charge is 0.253 e. The number of nitrogens with zero attached hydrogens (tertiary/aromatic N) is 1. The van der Waals surface area contributed by atoms with E-state index < -0.39 is 9.84 Å². The Morgan fingerprint density at radius 2 is 1.88 bits per heavy atom. The van der Waals surface area contributed by atoms with Crippen molar-refractivity contribution in [2.75, 3.05) is 5.75 Å². The van der Waals surface area contributed by atoms with E-state index in [0.717, 1.165) is 34.5 Å². The van der Waals surface area contributed by atoms with Gasteiger partial charge in [-0.25, -0.2) is 12.8 Å². The fraction of sp³-hybridized carbons (Fsp3) is 0.300. The predicted octanol–water partition coefficient (Wildman–Crippen LogP) is 4.62. The van der Waals surface area contributed by atoms with Gasteiger partial charge in [0.15, 0.2) is 9.84 Å². The number of allylic oxidation sites excluding steroid dienone is 2. The van der Waals surface area contributed by atoms with Crippen LogP contribution in [0.2, 0.25) is 0 Å². The van der Waals surface area contributed by atoms with E-state index in [4.69, 9.17) is 0 Å². The molecule has 131 valence electrons. The van der Waals surface area contributed by atoms with Gasteiger partial charge in [-0.2, -0.15) is 0 Å². The monoisotopic (exact) mass is 358 g/mol. The van der Waals surface area contributed by atoms with Gasteiger partial charge in [-0.15, -0.1) is 0 Å². The zero-order chi connectivity index (χ0) is 18.0. The van der Waals surface area contributed by atoms with Crippen molar-refractivity contribution in [2.24, 2.45) is 0 Å². The van der Waals surface area contributed by atoms with Gasteiger partial charge in [0.05, 0.1) is 16.3 Å². The summed E-state index contributed by atoms with van der Waals surface area (Å²) in [6, 6.07) is 11.6. The Morgan fingerprint density at radius 3 is 2.64 bits per heavy atom. The first-order valence-electron chi connectivity index (χ1n) is 8.44. The molecule has 1 aliphatic heterocycles. The first-order valence-corrected chi connectivity index (χ1v) is 10.1. The van der Waals surface area contributed by atoms with Gasteiger partial charge >= 0.3 is 0 Å². The average molecular weight is 358 g/mol. The molecule has 2 aromatic carbocycles. The third-order valence-corrected chi connectivity index (χ3v) is 6.34. The van der Waals surface area contributed by atoms with Gasteiger partial charge in [0, 0.05) is 17.7 Å². The van der Waals surface area contributed by atoms with E-state index in [1.54, 1.807) is 18.2 Å². The van der Waals surface area contributed by atoms with Crippen molar-refractivity contribution in [1.82, 2.24) is 5.32 Å². The van der Waals surface area contributed by atoms with Gasteiger partial charge < -0.3 is 0 Å². The molecule has 0 amide bonds. The van der Waals surface area contributed by atoms with Crippen molar-refractivity contribution in [2.45, 2.75) is 38.0 Å². The maximum absolute atomic E-state index is 13.6. The number of halogens is 1. The lowest BCUT2D eigenvalue weighted by Gasteiger charge is -2.12. The Morgan fingerprint density at radius 1 is 1.12 bits per heavy atom. The van der Waals surface area contributed by atoms with Gasteiger partial charge in [0.25, 0.3) is 0 Å². The minimum atomic E-state index is -3.33. The van der Waals surface area contributed by atoms with Crippen LogP contribution in [0.3, 0.4) is 0 Å². The summed E-state index contributed by atoms with van der Waals surface area (Å²) in [4.78, 5) is 0.369. The molecule has 0 unspecified atom stereocenters. The second kappa shape index (κ2) is 7.00. The maximum Gasteiger partial charge on any atom is 0.178 e. The topological polar surface area (TPSA) is 48.2 Å². The van der Waals surface area contributed by atoms with Crippen molar-refractivity contribution in [3.05, 3.63) is 65.1 Å². The molecule has 0 spiro atoms. The highest BCUT2D eigenvalue weighted by Crippen LogP contribution is 2.37. The van der Waals surface area contributed by atoms with Crippen molar-refractivity contribution in [3.8, 4) is 0 Å². The molecule has 2 aromatic rings. The zero-order valence-corrected chi connectivity index (χ0v) is 15.2. The summed E-state index contributed by atoms with van der Waals surface area (Å²) >= 11 is 0. The minimum absolute atomic E-state index is 0.147. The van der Waals surface area contributed by atoms with Gasteiger partial charge in [-0.3, -0.25) is 5.32 Å². The quantitative estimate of drug-likeness (QED) is 0.756. The number of rotatable bonds is 6. The molecule has 0 N–H and O–H groups in total. The van der Waals surface area contributed by atoms with Crippen LogP contribution in [-0.2, 0) is 16.3 Å². The van der Waals surface area contributed by atoms with E-state index >= 15 is 0 Å². The van der Waals surface area contributed by atoms with Crippen LogP contribution in [-0.4, -0.2) is 14.2 Å². The Balaban J connectivity index is 1.98. The lowest BCUT2D eigenvalue weighted by Crippen LogP contribution is -2.10. The molecule has 3 rings (SSSR count). The first kappa shape index (κ1) is 17.7. The third kappa shape index (κ3) is 3.61. The zero-order valence-electron chi connectivity index (χ0n) is 14.4. The highest BCUT2D eigenvalue weighted by Gasteiger charge is 2.24. The number of benzene rings is 2. The highest BCUT2D eigenvalue weighted by molar-refractivity contribution is 7.91. The number of hydrogen-bond acceptors (Lipinski definition) is 2. The van der Waals surface area contributed by atoms with Crippen molar-refractivity contribution >= 4 is 21.1 Å². The SMILES string of the molecule is CCCCS(=O)(=O)c1ccccc1CC1=C(C)[N]c2ccc(F)cc21. The number of sulfone groups is 1. The lowest BCUT2D eigenvalue weighted by atomic mass is 9.98. The molecular formula is C20H21FNO2S. The van der Waals surface area contributed by atoms with E-state index in [0.29, 0.717) is 17.7 Å². The Kier molecular flexibility index (Phi) is 4.95. The summed E-state index contributed by atoms with van der Waals surface area (Å²) in [6.45, 7) is 3.85. The Labute approximate surface area is 148 Å². The van der Waals surface area contributed by atoms with E-state index in [-0.39, 0.29) is 11.6 Å². The Hall–Kier alpha value is -2.14. The van der Waals surface area contributed by atoms with Crippen LogP contribution in [0.15, 0.2) is 53.1 Å². The van der Waals surface area contributed by atoms with Gasteiger partial charge in [0.1, 0.15) is 5.82 Å². The van der Waals surface area contributed by atoms with Gasteiger partial charge in [0.2, 0.25) is 0 Å². The van der Waals surface area contributed by atoms with Crippen molar-refractivity contribution in [1.29, 1.82) is 0 Å². The fourth-order valence-electron chi connectivity index (χ4n) is 3.10. The Bertz CT molecular complexity index is 932. The average Bonchev–Trinajstić information content (AvgIpc) is 2.89. The molecule has 3 nitrogen and oxygen atoms in total. The molecule has 0 aliphatic carbocycles.